The monoisotopic (exact) mass is 293 g/mol. The first-order valence-electron chi connectivity index (χ1n) is 7.87. The van der Waals surface area contributed by atoms with Crippen LogP contribution in [0.25, 0.3) is 0 Å². The van der Waals surface area contributed by atoms with Gasteiger partial charge in [-0.3, -0.25) is 5.32 Å². The van der Waals surface area contributed by atoms with Crippen LogP contribution in [0.4, 0.5) is 9.93 Å². The Hall–Kier alpha value is -1.10. The second kappa shape index (κ2) is 6.57. The van der Waals surface area contributed by atoms with Crippen molar-refractivity contribution in [2.24, 2.45) is 0 Å². The fraction of sp³-hybridized carbons (Fsp3) is 0.733. The lowest BCUT2D eigenvalue weighted by Gasteiger charge is -2.22. The Labute approximate surface area is 124 Å². The van der Waals surface area contributed by atoms with E-state index in [0.717, 1.165) is 30.8 Å². The van der Waals surface area contributed by atoms with Gasteiger partial charge in [-0.2, -0.15) is 0 Å². The molecule has 110 valence electrons. The van der Waals surface area contributed by atoms with E-state index >= 15 is 0 Å². The predicted molar refractivity (Wildman–Crippen MR) is 82.4 cm³/mol. The van der Waals surface area contributed by atoms with Gasteiger partial charge in [-0.1, -0.05) is 25.7 Å². The Balaban J connectivity index is 1.55. The average Bonchev–Trinajstić information content (AvgIpc) is 2.68. The minimum absolute atomic E-state index is 0.0826. The molecule has 3 rings (SSSR count). The van der Waals surface area contributed by atoms with Gasteiger partial charge in [-0.05, 0) is 38.5 Å². The van der Waals surface area contributed by atoms with E-state index in [1.165, 1.54) is 49.1 Å². The molecule has 0 bridgehead atoms. The van der Waals surface area contributed by atoms with Gasteiger partial charge in [0.05, 0.1) is 5.69 Å². The van der Waals surface area contributed by atoms with E-state index < -0.39 is 0 Å². The highest BCUT2D eigenvalue weighted by Crippen LogP contribution is 2.28. The number of fused-ring (bicyclic) bond motifs is 1. The number of aromatic nitrogens is 1. The average molecular weight is 293 g/mol. The zero-order valence-corrected chi connectivity index (χ0v) is 12.7. The molecule has 20 heavy (non-hydrogen) atoms. The summed E-state index contributed by atoms with van der Waals surface area (Å²) in [4.78, 5) is 18.0. The first-order chi connectivity index (χ1) is 9.81. The van der Waals surface area contributed by atoms with Crippen molar-refractivity contribution in [2.45, 2.75) is 70.3 Å². The number of amides is 2. The van der Waals surface area contributed by atoms with E-state index in [1.807, 2.05) is 0 Å². The largest absolute Gasteiger partial charge is 0.335 e. The number of carbonyl (C=O) groups is 1. The molecule has 1 fully saturated rings. The second-order valence-electron chi connectivity index (χ2n) is 5.88. The maximum atomic E-state index is 12.0. The van der Waals surface area contributed by atoms with Crippen molar-refractivity contribution in [1.82, 2.24) is 10.3 Å². The highest BCUT2D eigenvalue weighted by molar-refractivity contribution is 7.15. The minimum atomic E-state index is -0.0826. The van der Waals surface area contributed by atoms with E-state index in [9.17, 15) is 4.79 Å². The van der Waals surface area contributed by atoms with Crippen LogP contribution in [0.5, 0.6) is 0 Å². The summed E-state index contributed by atoms with van der Waals surface area (Å²) in [7, 11) is 0. The van der Waals surface area contributed by atoms with E-state index in [0.29, 0.717) is 6.04 Å². The van der Waals surface area contributed by atoms with Crippen LogP contribution in [0.1, 0.15) is 61.9 Å². The molecule has 0 radical (unpaired) electrons. The van der Waals surface area contributed by atoms with Crippen LogP contribution in [0.3, 0.4) is 0 Å². The molecule has 0 aliphatic heterocycles. The van der Waals surface area contributed by atoms with Gasteiger partial charge in [0.1, 0.15) is 0 Å². The molecule has 2 aliphatic carbocycles. The lowest BCUT2D eigenvalue weighted by Crippen LogP contribution is -2.38. The lowest BCUT2D eigenvalue weighted by molar-refractivity contribution is 0.244. The first-order valence-corrected chi connectivity index (χ1v) is 8.69. The molecular weight excluding hydrogens is 270 g/mol. The van der Waals surface area contributed by atoms with Crippen LogP contribution >= 0.6 is 11.3 Å². The lowest BCUT2D eigenvalue weighted by atomic mass is 9.96. The van der Waals surface area contributed by atoms with Crippen molar-refractivity contribution >= 4 is 22.5 Å². The standard InChI is InChI=1S/C15H23N3OS/c19-14(16-11-7-3-1-4-8-11)18-15-17-12-9-5-2-6-10-13(12)20-15/h11H,1-10H2,(H2,16,17,18,19). The Bertz CT molecular complexity index is 442. The topological polar surface area (TPSA) is 54.0 Å². The van der Waals surface area contributed by atoms with Crippen molar-refractivity contribution < 1.29 is 4.79 Å². The third-order valence-corrected chi connectivity index (χ3v) is 5.33. The molecule has 2 amide bonds. The molecule has 4 nitrogen and oxygen atoms in total. The molecule has 0 saturated heterocycles. The van der Waals surface area contributed by atoms with Crippen molar-refractivity contribution in [3.63, 3.8) is 0 Å². The van der Waals surface area contributed by atoms with Crippen molar-refractivity contribution in [2.75, 3.05) is 5.32 Å². The predicted octanol–water partition coefficient (Wildman–Crippen LogP) is 3.87. The van der Waals surface area contributed by atoms with Crippen molar-refractivity contribution in [3.05, 3.63) is 10.6 Å². The third kappa shape index (κ3) is 3.51. The molecule has 0 aromatic carbocycles. The van der Waals surface area contributed by atoms with Crippen molar-refractivity contribution in [1.29, 1.82) is 0 Å². The summed E-state index contributed by atoms with van der Waals surface area (Å²) in [5, 5.41) is 6.77. The van der Waals surface area contributed by atoms with Gasteiger partial charge in [-0.25, -0.2) is 9.78 Å². The van der Waals surface area contributed by atoms with Gasteiger partial charge < -0.3 is 5.32 Å². The van der Waals surface area contributed by atoms with Crippen LogP contribution in [0.2, 0.25) is 0 Å². The zero-order chi connectivity index (χ0) is 13.8. The van der Waals surface area contributed by atoms with E-state index in [-0.39, 0.29) is 6.03 Å². The number of hydrogen-bond donors (Lipinski definition) is 2. The molecule has 5 heteroatoms. The van der Waals surface area contributed by atoms with Crippen LogP contribution in [-0.4, -0.2) is 17.1 Å². The highest BCUT2D eigenvalue weighted by Gasteiger charge is 2.18. The van der Waals surface area contributed by atoms with E-state index in [1.54, 1.807) is 11.3 Å². The van der Waals surface area contributed by atoms with Crippen LogP contribution in [0, 0.1) is 0 Å². The fourth-order valence-electron chi connectivity index (χ4n) is 3.15. The highest BCUT2D eigenvalue weighted by atomic mass is 32.1. The fourth-order valence-corrected chi connectivity index (χ4v) is 4.19. The number of anilines is 1. The Morgan fingerprint density at radius 3 is 2.65 bits per heavy atom. The summed E-state index contributed by atoms with van der Waals surface area (Å²) in [5.74, 6) is 0. The SMILES string of the molecule is O=C(Nc1nc2c(s1)CCCCC2)NC1CCCCC1. The number of nitrogens with zero attached hydrogens (tertiary/aromatic N) is 1. The van der Waals surface area contributed by atoms with Crippen molar-refractivity contribution in [3.8, 4) is 0 Å². The summed E-state index contributed by atoms with van der Waals surface area (Å²) < 4.78 is 0. The van der Waals surface area contributed by atoms with Gasteiger partial charge in [0, 0.05) is 10.9 Å². The number of nitrogens with one attached hydrogen (secondary N) is 2. The zero-order valence-electron chi connectivity index (χ0n) is 11.9. The third-order valence-electron chi connectivity index (χ3n) is 4.26. The number of urea groups is 1. The smallest absolute Gasteiger partial charge is 0.321 e. The summed E-state index contributed by atoms with van der Waals surface area (Å²) in [6.45, 7) is 0. The molecule has 1 aromatic heterocycles. The molecule has 2 N–H and O–H groups in total. The summed E-state index contributed by atoms with van der Waals surface area (Å²) in [5.41, 5.74) is 1.21. The molecular formula is C15H23N3OS. The number of aryl methyl sites for hydroxylation is 2. The quantitative estimate of drug-likeness (QED) is 0.813. The summed E-state index contributed by atoms with van der Waals surface area (Å²) >= 11 is 1.66. The Morgan fingerprint density at radius 2 is 1.80 bits per heavy atom. The normalized spacial score (nSPS) is 20.0. The number of thiazole rings is 1. The molecule has 1 saturated carbocycles. The van der Waals surface area contributed by atoms with Gasteiger partial charge in [0.25, 0.3) is 0 Å². The molecule has 0 atom stereocenters. The maximum Gasteiger partial charge on any atom is 0.321 e. The van der Waals surface area contributed by atoms with E-state index in [2.05, 4.69) is 15.6 Å². The number of carbonyl (C=O) groups excluding carboxylic acids is 1. The summed E-state index contributed by atoms with van der Waals surface area (Å²) in [6, 6.07) is 0.266. The molecule has 0 unspecified atom stereocenters. The van der Waals surface area contributed by atoms with Gasteiger partial charge in [-0.15, -0.1) is 11.3 Å². The number of rotatable bonds is 2. The Kier molecular flexibility index (Phi) is 4.55. The maximum absolute atomic E-state index is 12.0. The van der Waals surface area contributed by atoms with E-state index in [4.69, 9.17) is 0 Å². The molecule has 0 spiro atoms. The Morgan fingerprint density at radius 1 is 1.05 bits per heavy atom. The second-order valence-corrected chi connectivity index (χ2v) is 6.97. The molecule has 1 aromatic rings. The number of hydrogen-bond acceptors (Lipinski definition) is 3. The minimum Gasteiger partial charge on any atom is -0.335 e. The van der Waals surface area contributed by atoms with Gasteiger partial charge in [0.15, 0.2) is 5.13 Å². The first kappa shape index (κ1) is 13.9. The molecule has 1 heterocycles. The van der Waals surface area contributed by atoms with Gasteiger partial charge >= 0.3 is 6.03 Å². The van der Waals surface area contributed by atoms with Crippen LogP contribution in [-0.2, 0) is 12.8 Å². The van der Waals surface area contributed by atoms with Crippen LogP contribution in [0.15, 0.2) is 0 Å². The summed E-state index contributed by atoms with van der Waals surface area (Å²) in [6.07, 6.45) is 12.0. The van der Waals surface area contributed by atoms with Gasteiger partial charge in [0.2, 0.25) is 0 Å². The van der Waals surface area contributed by atoms with Crippen LogP contribution < -0.4 is 10.6 Å². The molecule has 2 aliphatic rings.